The lowest BCUT2D eigenvalue weighted by Gasteiger charge is -2.10. The van der Waals surface area contributed by atoms with Crippen LogP contribution in [0.5, 0.6) is 5.75 Å². The van der Waals surface area contributed by atoms with Gasteiger partial charge in [0.1, 0.15) is 5.75 Å². The summed E-state index contributed by atoms with van der Waals surface area (Å²) in [5.41, 5.74) is 0. The van der Waals surface area contributed by atoms with Crippen molar-refractivity contribution < 1.29 is 4.74 Å². The third kappa shape index (κ3) is 2.36. The number of ether oxygens (including phenoxy) is 1. The zero-order valence-corrected chi connectivity index (χ0v) is 9.37. The number of aromatic nitrogens is 4. The van der Waals surface area contributed by atoms with E-state index in [-0.39, 0.29) is 6.10 Å². The van der Waals surface area contributed by atoms with Gasteiger partial charge in [-0.25, -0.2) is 0 Å². The average molecular weight is 218 g/mol. The Morgan fingerprint density at radius 1 is 1.31 bits per heavy atom. The molecule has 0 aliphatic rings. The van der Waals surface area contributed by atoms with E-state index in [1.807, 2.05) is 44.2 Å². The predicted octanol–water partition coefficient (Wildman–Crippen LogP) is 1.83. The van der Waals surface area contributed by atoms with Crippen LogP contribution in [0.25, 0.3) is 0 Å². The van der Waals surface area contributed by atoms with Gasteiger partial charge in [0.25, 0.3) is 0 Å². The van der Waals surface area contributed by atoms with Gasteiger partial charge in [0.05, 0.1) is 6.54 Å². The molecular weight excluding hydrogens is 204 g/mol. The van der Waals surface area contributed by atoms with E-state index >= 15 is 0 Å². The highest BCUT2D eigenvalue weighted by atomic mass is 16.5. The minimum absolute atomic E-state index is 0.192. The predicted molar refractivity (Wildman–Crippen MR) is 59.0 cm³/mol. The van der Waals surface area contributed by atoms with Crippen LogP contribution in [0.15, 0.2) is 30.3 Å². The summed E-state index contributed by atoms with van der Waals surface area (Å²) in [4.78, 5) is 1.54. The minimum atomic E-state index is -0.192. The van der Waals surface area contributed by atoms with Gasteiger partial charge in [-0.15, -0.1) is 10.2 Å². The Balaban J connectivity index is 2.05. The molecule has 0 N–H and O–H groups in total. The molecule has 84 valence electrons. The summed E-state index contributed by atoms with van der Waals surface area (Å²) in [6, 6.07) is 9.61. The van der Waals surface area contributed by atoms with Gasteiger partial charge >= 0.3 is 0 Å². The van der Waals surface area contributed by atoms with E-state index in [4.69, 9.17) is 4.74 Å². The number of tetrazole rings is 1. The van der Waals surface area contributed by atoms with Crippen LogP contribution >= 0.6 is 0 Å². The van der Waals surface area contributed by atoms with Crippen molar-refractivity contribution >= 4 is 0 Å². The normalized spacial score (nSPS) is 12.4. The maximum Gasteiger partial charge on any atom is 0.214 e. The van der Waals surface area contributed by atoms with E-state index < -0.39 is 0 Å². The molecule has 0 radical (unpaired) electrons. The molecule has 0 fully saturated rings. The third-order valence-electron chi connectivity index (χ3n) is 2.17. The number of benzene rings is 1. The number of hydrogen-bond donors (Lipinski definition) is 0. The number of nitrogens with zero attached hydrogens (tertiary/aromatic N) is 4. The van der Waals surface area contributed by atoms with Crippen molar-refractivity contribution in [2.24, 2.45) is 0 Å². The van der Waals surface area contributed by atoms with Crippen LogP contribution < -0.4 is 4.74 Å². The Bertz CT molecular complexity index is 440. The Hall–Kier alpha value is -1.91. The molecule has 1 aromatic carbocycles. The molecule has 2 aromatic rings. The Morgan fingerprint density at radius 3 is 2.69 bits per heavy atom. The first-order chi connectivity index (χ1) is 7.79. The molecule has 0 aliphatic heterocycles. The van der Waals surface area contributed by atoms with Crippen LogP contribution in [0.3, 0.4) is 0 Å². The lowest BCUT2D eigenvalue weighted by atomic mass is 10.3. The van der Waals surface area contributed by atoms with Crippen molar-refractivity contribution in [3.8, 4) is 5.75 Å². The van der Waals surface area contributed by atoms with Crippen LogP contribution in [0.2, 0.25) is 0 Å². The van der Waals surface area contributed by atoms with E-state index in [0.29, 0.717) is 12.4 Å². The van der Waals surface area contributed by atoms with Crippen molar-refractivity contribution in [2.75, 3.05) is 0 Å². The molecule has 0 aliphatic carbocycles. The second-order valence-corrected chi connectivity index (χ2v) is 3.41. The van der Waals surface area contributed by atoms with E-state index in [9.17, 15) is 0 Å². The zero-order chi connectivity index (χ0) is 11.4. The van der Waals surface area contributed by atoms with Crippen molar-refractivity contribution in [1.29, 1.82) is 0 Å². The Kier molecular flexibility index (Phi) is 3.14. The highest BCUT2D eigenvalue weighted by molar-refractivity contribution is 5.21. The van der Waals surface area contributed by atoms with Gasteiger partial charge in [0, 0.05) is 0 Å². The molecule has 16 heavy (non-hydrogen) atoms. The topological polar surface area (TPSA) is 52.8 Å². The molecule has 1 unspecified atom stereocenters. The Morgan fingerprint density at radius 2 is 2.06 bits per heavy atom. The summed E-state index contributed by atoms with van der Waals surface area (Å²) in [6.07, 6.45) is -0.192. The second-order valence-electron chi connectivity index (χ2n) is 3.41. The van der Waals surface area contributed by atoms with Crippen LogP contribution in [0, 0.1) is 0 Å². The van der Waals surface area contributed by atoms with Gasteiger partial charge in [0.2, 0.25) is 5.82 Å². The monoisotopic (exact) mass is 218 g/mol. The van der Waals surface area contributed by atoms with Crippen LogP contribution in [0.4, 0.5) is 0 Å². The van der Waals surface area contributed by atoms with Gasteiger partial charge < -0.3 is 4.74 Å². The summed E-state index contributed by atoms with van der Waals surface area (Å²) >= 11 is 0. The lowest BCUT2D eigenvalue weighted by molar-refractivity contribution is 0.216. The molecule has 0 bridgehead atoms. The van der Waals surface area contributed by atoms with Crippen molar-refractivity contribution in [1.82, 2.24) is 20.2 Å². The maximum absolute atomic E-state index is 5.68. The largest absolute Gasteiger partial charge is 0.483 e. The van der Waals surface area contributed by atoms with Crippen molar-refractivity contribution in [2.45, 2.75) is 26.5 Å². The molecule has 0 saturated carbocycles. The summed E-state index contributed by atoms with van der Waals surface area (Å²) in [5, 5.41) is 12.0. The van der Waals surface area contributed by atoms with Crippen LogP contribution in [-0.4, -0.2) is 20.2 Å². The molecule has 1 heterocycles. The van der Waals surface area contributed by atoms with Crippen LogP contribution in [0.1, 0.15) is 25.8 Å². The van der Waals surface area contributed by atoms with Gasteiger partial charge in [-0.2, -0.15) is 4.80 Å². The van der Waals surface area contributed by atoms with Gasteiger partial charge in [-0.3, -0.25) is 0 Å². The molecule has 5 heteroatoms. The number of rotatable bonds is 4. The van der Waals surface area contributed by atoms with E-state index in [1.165, 1.54) is 0 Å². The minimum Gasteiger partial charge on any atom is -0.483 e. The average Bonchev–Trinajstić information content (AvgIpc) is 2.79. The Labute approximate surface area is 94.0 Å². The summed E-state index contributed by atoms with van der Waals surface area (Å²) < 4.78 is 5.68. The molecular formula is C11H14N4O. The lowest BCUT2D eigenvalue weighted by Crippen LogP contribution is -2.06. The fourth-order valence-corrected chi connectivity index (χ4v) is 1.31. The van der Waals surface area contributed by atoms with E-state index in [0.717, 1.165) is 5.75 Å². The maximum atomic E-state index is 5.68. The molecule has 1 atom stereocenters. The first-order valence-electron chi connectivity index (χ1n) is 5.29. The third-order valence-corrected chi connectivity index (χ3v) is 2.17. The van der Waals surface area contributed by atoms with Gasteiger partial charge in [0.15, 0.2) is 6.10 Å². The smallest absolute Gasteiger partial charge is 0.214 e. The second kappa shape index (κ2) is 4.74. The SMILES string of the molecule is CCn1nnc(C(C)Oc2ccccc2)n1. The highest BCUT2D eigenvalue weighted by Crippen LogP contribution is 2.17. The molecule has 0 saturated heterocycles. The molecule has 2 rings (SSSR count). The zero-order valence-electron chi connectivity index (χ0n) is 9.37. The highest BCUT2D eigenvalue weighted by Gasteiger charge is 2.13. The summed E-state index contributed by atoms with van der Waals surface area (Å²) in [6.45, 7) is 4.59. The van der Waals surface area contributed by atoms with Crippen molar-refractivity contribution in [3.63, 3.8) is 0 Å². The number of aryl methyl sites for hydroxylation is 1. The van der Waals surface area contributed by atoms with Crippen LogP contribution in [-0.2, 0) is 6.54 Å². The van der Waals surface area contributed by atoms with Gasteiger partial charge in [-0.1, -0.05) is 18.2 Å². The summed E-state index contributed by atoms with van der Waals surface area (Å²) in [5.74, 6) is 1.41. The van der Waals surface area contributed by atoms with E-state index in [1.54, 1.807) is 4.80 Å². The number of para-hydroxylation sites is 1. The summed E-state index contributed by atoms with van der Waals surface area (Å²) in [7, 11) is 0. The van der Waals surface area contributed by atoms with E-state index in [2.05, 4.69) is 15.4 Å². The van der Waals surface area contributed by atoms with Gasteiger partial charge in [-0.05, 0) is 31.2 Å². The molecule has 5 nitrogen and oxygen atoms in total. The molecule has 0 amide bonds. The fourth-order valence-electron chi connectivity index (χ4n) is 1.31. The fraction of sp³-hybridized carbons (Fsp3) is 0.364. The standard InChI is InChI=1S/C11H14N4O/c1-3-15-13-11(12-14-15)9(2)16-10-7-5-4-6-8-10/h4-9H,3H2,1-2H3. The molecule has 0 spiro atoms. The quantitative estimate of drug-likeness (QED) is 0.785. The number of hydrogen-bond acceptors (Lipinski definition) is 4. The molecule has 1 aromatic heterocycles. The first kappa shape index (κ1) is 10.6. The van der Waals surface area contributed by atoms with Crippen molar-refractivity contribution in [3.05, 3.63) is 36.2 Å². The first-order valence-corrected chi connectivity index (χ1v) is 5.29.